The molecule has 0 spiro atoms. The standard InChI is InChI=1S/C11H12ClN3O2/c1-8(6-13)7-14(2)11-4-3-9(15(16)17)5-10(11)12/h3-5,8H,7H2,1-2H3. The molecule has 1 aromatic rings. The van der Waals surface area contributed by atoms with E-state index in [-0.39, 0.29) is 11.6 Å². The number of non-ortho nitro benzene ring substituents is 1. The minimum Gasteiger partial charge on any atom is -0.372 e. The molecular formula is C11H12ClN3O2. The molecule has 0 aliphatic carbocycles. The normalized spacial score (nSPS) is 11.6. The number of nitrogens with zero attached hydrogens (tertiary/aromatic N) is 3. The van der Waals surface area contributed by atoms with E-state index in [4.69, 9.17) is 16.9 Å². The number of nitro groups is 1. The third-order valence-electron chi connectivity index (χ3n) is 2.32. The Morgan fingerprint density at radius 3 is 2.76 bits per heavy atom. The van der Waals surface area contributed by atoms with Gasteiger partial charge in [0, 0.05) is 25.7 Å². The third kappa shape index (κ3) is 3.33. The van der Waals surface area contributed by atoms with Crippen molar-refractivity contribution in [2.45, 2.75) is 6.92 Å². The summed E-state index contributed by atoms with van der Waals surface area (Å²) in [4.78, 5) is 11.9. The van der Waals surface area contributed by atoms with E-state index in [1.165, 1.54) is 12.1 Å². The van der Waals surface area contributed by atoms with Crippen LogP contribution in [0.25, 0.3) is 0 Å². The molecule has 0 aromatic heterocycles. The highest BCUT2D eigenvalue weighted by molar-refractivity contribution is 6.33. The highest BCUT2D eigenvalue weighted by atomic mass is 35.5. The van der Waals surface area contributed by atoms with Crippen molar-refractivity contribution in [2.24, 2.45) is 5.92 Å². The quantitative estimate of drug-likeness (QED) is 0.611. The third-order valence-corrected chi connectivity index (χ3v) is 2.62. The van der Waals surface area contributed by atoms with Crippen LogP contribution in [0.2, 0.25) is 5.02 Å². The van der Waals surface area contributed by atoms with Gasteiger partial charge in [-0.05, 0) is 13.0 Å². The first-order valence-electron chi connectivity index (χ1n) is 5.00. The van der Waals surface area contributed by atoms with Crippen LogP contribution in [-0.4, -0.2) is 18.5 Å². The topological polar surface area (TPSA) is 70.2 Å². The van der Waals surface area contributed by atoms with Gasteiger partial charge in [0.2, 0.25) is 0 Å². The van der Waals surface area contributed by atoms with Crippen LogP contribution in [0.3, 0.4) is 0 Å². The molecule has 1 unspecified atom stereocenters. The lowest BCUT2D eigenvalue weighted by Gasteiger charge is -2.21. The molecule has 0 saturated heterocycles. The van der Waals surface area contributed by atoms with E-state index >= 15 is 0 Å². The fourth-order valence-electron chi connectivity index (χ4n) is 1.47. The SMILES string of the molecule is CC(C#N)CN(C)c1ccc([N+](=O)[O-])cc1Cl. The van der Waals surface area contributed by atoms with E-state index < -0.39 is 4.92 Å². The summed E-state index contributed by atoms with van der Waals surface area (Å²) >= 11 is 5.97. The van der Waals surface area contributed by atoms with Crippen molar-refractivity contribution in [2.75, 3.05) is 18.5 Å². The molecule has 0 N–H and O–H groups in total. The zero-order valence-electron chi connectivity index (χ0n) is 9.55. The van der Waals surface area contributed by atoms with Crippen molar-refractivity contribution >= 4 is 23.0 Å². The van der Waals surface area contributed by atoms with Crippen LogP contribution in [0.15, 0.2) is 18.2 Å². The van der Waals surface area contributed by atoms with Gasteiger partial charge in [0.1, 0.15) is 0 Å². The molecule has 0 amide bonds. The number of halogens is 1. The van der Waals surface area contributed by atoms with Crippen LogP contribution in [0.4, 0.5) is 11.4 Å². The molecular weight excluding hydrogens is 242 g/mol. The highest BCUT2D eigenvalue weighted by Gasteiger charge is 2.13. The average molecular weight is 254 g/mol. The average Bonchev–Trinajstić information content (AvgIpc) is 2.28. The van der Waals surface area contributed by atoms with Crippen molar-refractivity contribution in [3.63, 3.8) is 0 Å². The Morgan fingerprint density at radius 2 is 2.29 bits per heavy atom. The fraction of sp³-hybridized carbons (Fsp3) is 0.364. The molecule has 1 rings (SSSR count). The number of anilines is 1. The highest BCUT2D eigenvalue weighted by Crippen LogP contribution is 2.29. The molecule has 0 radical (unpaired) electrons. The summed E-state index contributed by atoms with van der Waals surface area (Å²) in [7, 11) is 1.79. The van der Waals surface area contributed by atoms with Crippen molar-refractivity contribution in [1.29, 1.82) is 5.26 Å². The summed E-state index contributed by atoms with van der Waals surface area (Å²) in [5.41, 5.74) is 0.639. The van der Waals surface area contributed by atoms with Gasteiger partial charge in [0.05, 0.1) is 27.6 Å². The second kappa shape index (κ2) is 5.51. The predicted octanol–water partition coefficient (Wildman–Crippen LogP) is 2.84. The maximum absolute atomic E-state index is 10.5. The van der Waals surface area contributed by atoms with Gasteiger partial charge in [0.25, 0.3) is 5.69 Å². The lowest BCUT2D eigenvalue weighted by Crippen LogP contribution is -2.23. The van der Waals surface area contributed by atoms with E-state index in [2.05, 4.69) is 6.07 Å². The predicted molar refractivity (Wildman–Crippen MR) is 66.2 cm³/mol. The van der Waals surface area contributed by atoms with Gasteiger partial charge >= 0.3 is 0 Å². The lowest BCUT2D eigenvalue weighted by molar-refractivity contribution is -0.384. The lowest BCUT2D eigenvalue weighted by atomic mass is 10.2. The van der Waals surface area contributed by atoms with Crippen LogP contribution in [-0.2, 0) is 0 Å². The molecule has 17 heavy (non-hydrogen) atoms. The maximum atomic E-state index is 10.5. The van der Waals surface area contributed by atoms with Gasteiger partial charge < -0.3 is 4.90 Å². The van der Waals surface area contributed by atoms with Gasteiger partial charge in [-0.1, -0.05) is 11.6 Å². The smallest absolute Gasteiger partial charge is 0.271 e. The molecule has 0 heterocycles. The summed E-state index contributed by atoms with van der Waals surface area (Å²) in [6, 6.07) is 6.42. The van der Waals surface area contributed by atoms with E-state index in [1.807, 2.05) is 0 Å². The summed E-state index contributed by atoms with van der Waals surface area (Å²) in [6.45, 7) is 2.32. The molecule has 5 nitrogen and oxygen atoms in total. The maximum Gasteiger partial charge on any atom is 0.271 e. The Hall–Kier alpha value is -1.80. The first kappa shape index (κ1) is 13.3. The number of benzene rings is 1. The Labute approximate surface area is 104 Å². The molecule has 6 heteroatoms. The van der Waals surface area contributed by atoms with Crippen LogP contribution in [0.1, 0.15) is 6.92 Å². The fourth-order valence-corrected chi connectivity index (χ4v) is 1.79. The van der Waals surface area contributed by atoms with Crippen molar-refractivity contribution in [3.05, 3.63) is 33.3 Å². The van der Waals surface area contributed by atoms with Gasteiger partial charge in [-0.25, -0.2) is 0 Å². The Balaban J connectivity index is 2.93. The number of nitriles is 1. The molecule has 0 saturated carbocycles. The zero-order valence-corrected chi connectivity index (χ0v) is 10.3. The van der Waals surface area contributed by atoms with E-state index in [9.17, 15) is 10.1 Å². The van der Waals surface area contributed by atoms with Gasteiger partial charge in [0.15, 0.2) is 0 Å². The zero-order chi connectivity index (χ0) is 13.0. The largest absolute Gasteiger partial charge is 0.372 e. The number of rotatable bonds is 4. The van der Waals surface area contributed by atoms with Crippen LogP contribution in [0.5, 0.6) is 0 Å². The summed E-state index contributed by atoms with van der Waals surface area (Å²) < 4.78 is 0. The summed E-state index contributed by atoms with van der Waals surface area (Å²) in [6.07, 6.45) is 0. The number of hydrogen-bond donors (Lipinski definition) is 0. The van der Waals surface area contributed by atoms with Crippen LogP contribution >= 0.6 is 11.6 Å². The summed E-state index contributed by atoms with van der Waals surface area (Å²) in [5, 5.41) is 19.6. The van der Waals surface area contributed by atoms with Gasteiger partial charge in [-0.15, -0.1) is 0 Å². The molecule has 1 atom stereocenters. The van der Waals surface area contributed by atoms with Crippen molar-refractivity contribution < 1.29 is 4.92 Å². The number of nitro benzene ring substituents is 1. The van der Waals surface area contributed by atoms with Crippen LogP contribution in [0, 0.1) is 27.4 Å². The first-order valence-corrected chi connectivity index (χ1v) is 5.38. The molecule has 0 fully saturated rings. The monoisotopic (exact) mass is 253 g/mol. The van der Waals surface area contributed by atoms with E-state index in [1.54, 1.807) is 24.9 Å². The second-order valence-corrected chi connectivity index (χ2v) is 4.21. The minimum absolute atomic E-state index is 0.0412. The second-order valence-electron chi connectivity index (χ2n) is 3.80. The van der Waals surface area contributed by atoms with Crippen molar-refractivity contribution in [1.82, 2.24) is 0 Å². The van der Waals surface area contributed by atoms with Gasteiger partial charge in [-0.2, -0.15) is 5.26 Å². The summed E-state index contributed by atoms with van der Waals surface area (Å²) in [5.74, 6) is -0.133. The van der Waals surface area contributed by atoms with E-state index in [0.29, 0.717) is 17.3 Å². The minimum atomic E-state index is -0.492. The molecule has 0 aliphatic heterocycles. The molecule has 0 aliphatic rings. The molecule has 90 valence electrons. The Bertz CT molecular complexity index is 470. The molecule has 0 bridgehead atoms. The van der Waals surface area contributed by atoms with Crippen LogP contribution < -0.4 is 4.90 Å². The van der Waals surface area contributed by atoms with Crippen molar-refractivity contribution in [3.8, 4) is 6.07 Å². The molecule has 1 aromatic carbocycles. The Morgan fingerprint density at radius 1 is 1.65 bits per heavy atom. The van der Waals surface area contributed by atoms with Gasteiger partial charge in [-0.3, -0.25) is 10.1 Å². The van der Waals surface area contributed by atoms with E-state index in [0.717, 1.165) is 0 Å². The Kier molecular flexibility index (Phi) is 4.30. The first-order chi connectivity index (χ1) is 7.95. The number of hydrogen-bond acceptors (Lipinski definition) is 4.